The average Bonchev–Trinajstić information content (AvgIpc) is 3.21. The zero-order valence-corrected chi connectivity index (χ0v) is 18.0. The van der Waals surface area contributed by atoms with Gasteiger partial charge in [0.05, 0.1) is 6.04 Å². The van der Waals surface area contributed by atoms with E-state index in [-0.39, 0.29) is 53.8 Å². The van der Waals surface area contributed by atoms with Crippen molar-refractivity contribution in [1.82, 2.24) is 14.8 Å². The van der Waals surface area contributed by atoms with Crippen LogP contribution in [0.15, 0.2) is 23.0 Å². The van der Waals surface area contributed by atoms with E-state index < -0.39 is 6.04 Å². The Kier molecular flexibility index (Phi) is 5.24. The monoisotopic (exact) mass is 425 g/mol. The summed E-state index contributed by atoms with van der Waals surface area (Å²) in [7, 11) is 0. The van der Waals surface area contributed by atoms with Crippen LogP contribution in [-0.4, -0.2) is 45.1 Å². The number of allylic oxidation sites excluding steroid dienone is 1. The Labute approximate surface area is 182 Å². The van der Waals surface area contributed by atoms with Crippen LogP contribution >= 0.6 is 0 Å². The van der Waals surface area contributed by atoms with Crippen LogP contribution in [0.3, 0.4) is 0 Å². The normalized spacial score (nSPS) is 30.1. The Bertz CT molecular complexity index is 974. The number of likely N-dealkylation sites (tertiary alicyclic amines) is 1. The van der Waals surface area contributed by atoms with Crippen LogP contribution in [-0.2, 0) is 16.1 Å². The molecule has 5 rings (SSSR count). The summed E-state index contributed by atoms with van der Waals surface area (Å²) in [4.78, 5) is 41.5. The van der Waals surface area contributed by atoms with Crippen LogP contribution in [0.4, 0.5) is 0 Å². The van der Waals surface area contributed by atoms with Gasteiger partial charge in [-0.1, -0.05) is 25.0 Å². The molecule has 4 aliphatic rings. The summed E-state index contributed by atoms with van der Waals surface area (Å²) in [6.45, 7) is 2.12. The SMILES string of the molecule is C/C=C/c1ccc2n(c1=O)C[C@@H]1[C@@H](CO)[C@H](C(=O)NC3CCCC3)N(C(=O)C3CC3)[C@H]21. The fraction of sp³-hybridized carbons (Fsp3) is 0.625. The zero-order valence-electron chi connectivity index (χ0n) is 18.0. The molecule has 3 heterocycles. The number of aliphatic hydroxyl groups is 1. The molecule has 0 radical (unpaired) electrons. The van der Waals surface area contributed by atoms with Crippen molar-refractivity contribution in [3.05, 3.63) is 39.8 Å². The van der Waals surface area contributed by atoms with Gasteiger partial charge in [0.25, 0.3) is 5.56 Å². The van der Waals surface area contributed by atoms with E-state index in [0.29, 0.717) is 12.1 Å². The van der Waals surface area contributed by atoms with Gasteiger partial charge in [-0.2, -0.15) is 0 Å². The maximum Gasteiger partial charge on any atom is 0.258 e. The molecule has 0 bridgehead atoms. The van der Waals surface area contributed by atoms with Crippen LogP contribution < -0.4 is 10.9 Å². The number of amides is 2. The summed E-state index contributed by atoms with van der Waals surface area (Å²) in [6, 6.07) is 2.87. The molecule has 2 amide bonds. The largest absolute Gasteiger partial charge is 0.396 e. The Morgan fingerprint density at radius 1 is 1.19 bits per heavy atom. The third-order valence-electron chi connectivity index (χ3n) is 7.60. The lowest BCUT2D eigenvalue weighted by molar-refractivity contribution is -0.143. The highest BCUT2D eigenvalue weighted by Gasteiger charge is 2.58. The van der Waals surface area contributed by atoms with Crippen molar-refractivity contribution >= 4 is 17.9 Å². The van der Waals surface area contributed by atoms with E-state index in [4.69, 9.17) is 0 Å². The highest BCUT2D eigenvalue weighted by molar-refractivity contribution is 5.91. The highest BCUT2D eigenvalue weighted by Crippen LogP contribution is 2.51. The van der Waals surface area contributed by atoms with Crippen LogP contribution in [0.25, 0.3) is 6.08 Å². The number of pyridine rings is 1. The second-order valence-corrected chi connectivity index (χ2v) is 9.54. The van der Waals surface area contributed by atoms with Gasteiger partial charge >= 0.3 is 0 Å². The van der Waals surface area contributed by atoms with Gasteiger partial charge in [-0.05, 0) is 44.7 Å². The molecular weight excluding hydrogens is 394 g/mol. The second-order valence-electron chi connectivity index (χ2n) is 9.54. The number of nitrogens with zero attached hydrogens (tertiary/aromatic N) is 2. The first-order valence-electron chi connectivity index (χ1n) is 11.6. The van der Waals surface area contributed by atoms with Crippen molar-refractivity contribution in [2.45, 2.75) is 70.1 Å². The fourth-order valence-electron chi connectivity index (χ4n) is 5.95. The van der Waals surface area contributed by atoms with Crippen molar-refractivity contribution in [3.8, 4) is 0 Å². The summed E-state index contributed by atoms with van der Waals surface area (Å²) in [6.07, 6.45) is 9.48. The molecular formula is C24H31N3O4. The van der Waals surface area contributed by atoms with Crippen molar-refractivity contribution in [2.75, 3.05) is 6.61 Å². The van der Waals surface area contributed by atoms with Gasteiger partial charge in [0, 0.05) is 48.2 Å². The van der Waals surface area contributed by atoms with E-state index >= 15 is 0 Å². The smallest absolute Gasteiger partial charge is 0.258 e. The number of rotatable bonds is 5. The number of carbonyl (C=O) groups is 2. The summed E-state index contributed by atoms with van der Waals surface area (Å²) >= 11 is 0. The van der Waals surface area contributed by atoms with E-state index in [0.717, 1.165) is 44.2 Å². The molecule has 2 saturated carbocycles. The topological polar surface area (TPSA) is 91.6 Å². The Hall–Kier alpha value is -2.41. The van der Waals surface area contributed by atoms with Crippen molar-refractivity contribution in [2.24, 2.45) is 17.8 Å². The highest BCUT2D eigenvalue weighted by atomic mass is 16.3. The van der Waals surface area contributed by atoms with Gasteiger partial charge in [-0.15, -0.1) is 0 Å². The lowest BCUT2D eigenvalue weighted by Gasteiger charge is -2.32. The minimum Gasteiger partial charge on any atom is -0.396 e. The number of hydrogen-bond donors (Lipinski definition) is 2. The van der Waals surface area contributed by atoms with Crippen molar-refractivity contribution in [1.29, 1.82) is 0 Å². The first-order chi connectivity index (χ1) is 15.0. The van der Waals surface area contributed by atoms with Crippen LogP contribution in [0, 0.1) is 17.8 Å². The molecule has 0 spiro atoms. The van der Waals surface area contributed by atoms with E-state index in [2.05, 4.69) is 5.32 Å². The summed E-state index contributed by atoms with van der Waals surface area (Å²) in [5.41, 5.74) is 1.32. The Morgan fingerprint density at radius 2 is 1.94 bits per heavy atom. The summed E-state index contributed by atoms with van der Waals surface area (Å²) < 4.78 is 1.74. The molecule has 7 heteroatoms. The van der Waals surface area contributed by atoms with Crippen LogP contribution in [0.5, 0.6) is 0 Å². The van der Waals surface area contributed by atoms with Gasteiger partial charge in [0.1, 0.15) is 6.04 Å². The lowest BCUT2D eigenvalue weighted by atomic mass is 9.88. The fourth-order valence-corrected chi connectivity index (χ4v) is 5.95. The van der Waals surface area contributed by atoms with E-state index in [1.807, 2.05) is 19.1 Å². The van der Waals surface area contributed by atoms with Crippen molar-refractivity contribution < 1.29 is 14.7 Å². The lowest BCUT2D eigenvalue weighted by Crippen LogP contribution is -2.52. The number of nitrogens with one attached hydrogen (secondary N) is 1. The molecule has 1 aromatic rings. The molecule has 0 unspecified atom stereocenters. The molecule has 3 fully saturated rings. The van der Waals surface area contributed by atoms with Crippen molar-refractivity contribution in [3.63, 3.8) is 0 Å². The van der Waals surface area contributed by atoms with E-state index in [1.54, 1.807) is 21.6 Å². The molecule has 0 aromatic carbocycles. The van der Waals surface area contributed by atoms with Gasteiger partial charge < -0.3 is 19.9 Å². The van der Waals surface area contributed by atoms with Gasteiger partial charge in [-0.3, -0.25) is 14.4 Å². The quantitative estimate of drug-likeness (QED) is 0.753. The predicted molar refractivity (Wildman–Crippen MR) is 116 cm³/mol. The standard InChI is InChI=1S/C24H31N3O4/c1-2-5-14-10-11-19-20-17(12-26(19)23(14)30)18(13-28)21(27(20)24(31)15-8-9-15)22(29)25-16-6-3-4-7-16/h2,5,10-11,15-18,20-21,28H,3-4,6-9,12-13H2,1H3,(H,25,29)/b5-2+/t17-,18-,20+,21-/m1/s1. The third kappa shape index (κ3) is 3.34. The maximum atomic E-state index is 13.4. The minimum absolute atomic E-state index is 0.00375. The maximum absolute atomic E-state index is 13.4. The zero-order chi connectivity index (χ0) is 21.7. The molecule has 7 nitrogen and oxygen atoms in total. The summed E-state index contributed by atoms with van der Waals surface area (Å²) in [5.74, 6) is -0.702. The number of carbonyl (C=O) groups excluding carboxylic acids is 2. The first-order valence-corrected chi connectivity index (χ1v) is 11.6. The van der Waals surface area contributed by atoms with Crippen LogP contribution in [0.2, 0.25) is 0 Å². The van der Waals surface area contributed by atoms with E-state index in [1.165, 1.54) is 0 Å². The molecule has 2 aliphatic carbocycles. The number of fused-ring (bicyclic) bond motifs is 3. The molecule has 1 saturated heterocycles. The molecule has 31 heavy (non-hydrogen) atoms. The Balaban J connectivity index is 1.54. The second kappa shape index (κ2) is 7.93. The molecule has 2 aliphatic heterocycles. The third-order valence-corrected chi connectivity index (χ3v) is 7.60. The van der Waals surface area contributed by atoms with Gasteiger partial charge in [0.2, 0.25) is 11.8 Å². The van der Waals surface area contributed by atoms with Gasteiger partial charge in [-0.25, -0.2) is 0 Å². The molecule has 166 valence electrons. The molecule has 1 aromatic heterocycles. The Morgan fingerprint density at radius 3 is 2.58 bits per heavy atom. The number of aromatic nitrogens is 1. The molecule has 4 atom stereocenters. The minimum atomic E-state index is -0.673. The number of hydrogen-bond acceptors (Lipinski definition) is 4. The average molecular weight is 426 g/mol. The van der Waals surface area contributed by atoms with Gasteiger partial charge in [0.15, 0.2) is 0 Å². The summed E-state index contributed by atoms with van der Waals surface area (Å²) in [5, 5.41) is 13.5. The molecule has 2 N–H and O–H groups in total. The van der Waals surface area contributed by atoms with E-state index in [9.17, 15) is 19.5 Å². The number of aliphatic hydroxyl groups excluding tert-OH is 1. The predicted octanol–water partition coefficient (Wildman–Crippen LogP) is 1.84. The van der Waals surface area contributed by atoms with Crippen LogP contribution in [0.1, 0.15) is 62.7 Å². The first kappa shape index (κ1) is 20.5.